The van der Waals surface area contributed by atoms with Gasteiger partial charge in [-0.3, -0.25) is 4.99 Å². The third-order valence-corrected chi connectivity index (χ3v) is 4.55. The molecule has 0 N–H and O–H groups in total. The predicted molar refractivity (Wildman–Crippen MR) is 109 cm³/mol. The molecular formula is C20H24Cl2N2O. The molecule has 3 nitrogen and oxygen atoms in total. The number of anilines is 1. The second-order valence-corrected chi connectivity index (χ2v) is 6.46. The van der Waals surface area contributed by atoms with Crippen molar-refractivity contribution in [1.82, 2.24) is 0 Å². The summed E-state index contributed by atoms with van der Waals surface area (Å²) in [6.45, 7) is 1.71. The molecule has 1 aliphatic rings. The summed E-state index contributed by atoms with van der Waals surface area (Å²) in [5.74, 6) is 2.04. The maximum Gasteiger partial charge on any atom is 0.119 e. The van der Waals surface area contributed by atoms with E-state index in [1.807, 2.05) is 24.3 Å². The number of hydrogen-bond donors (Lipinski definition) is 0. The lowest BCUT2D eigenvalue weighted by molar-refractivity contribution is 0.415. The molecule has 0 saturated heterocycles. The quantitative estimate of drug-likeness (QED) is 0.676. The van der Waals surface area contributed by atoms with Crippen LogP contribution in [-0.2, 0) is 6.54 Å². The Balaban J connectivity index is 0.00000225. The van der Waals surface area contributed by atoms with Gasteiger partial charge in [0.05, 0.1) is 7.11 Å². The van der Waals surface area contributed by atoms with Crippen LogP contribution < -0.4 is 9.64 Å². The molecule has 1 aliphatic heterocycles. The van der Waals surface area contributed by atoms with Crippen LogP contribution in [0.2, 0.25) is 5.02 Å². The van der Waals surface area contributed by atoms with Crippen LogP contribution in [0.5, 0.6) is 5.75 Å². The van der Waals surface area contributed by atoms with E-state index in [2.05, 4.69) is 29.2 Å². The van der Waals surface area contributed by atoms with Crippen molar-refractivity contribution < 1.29 is 4.74 Å². The van der Waals surface area contributed by atoms with Crippen molar-refractivity contribution >= 4 is 35.5 Å². The van der Waals surface area contributed by atoms with Gasteiger partial charge in [0.1, 0.15) is 11.6 Å². The van der Waals surface area contributed by atoms with Crippen molar-refractivity contribution in [3.8, 4) is 5.75 Å². The second kappa shape index (κ2) is 9.69. The van der Waals surface area contributed by atoms with E-state index >= 15 is 0 Å². The Kier molecular flexibility index (Phi) is 7.60. The molecule has 2 aromatic carbocycles. The summed E-state index contributed by atoms with van der Waals surface area (Å²) in [5.41, 5.74) is 2.37. The van der Waals surface area contributed by atoms with Crippen molar-refractivity contribution in [2.75, 3.05) is 18.6 Å². The first-order chi connectivity index (χ1) is 11.8. The van der Waals surface area contributed by atoms with Gasteiger partial charge in [-0.05, 0) is 54.8 Å². The number of nitrogens with zero attached hydrogens (tertiary/aromatic N) is 2. The van der Waals surface area contributed by atoms with Gasteiger partial charge in [0.25, 0.3) is 0 Å². The van der Waals surface area contributed by atoms with Gasteiger partial charge in [0.2, 0.25) is 0 Å². The van der Waals surface area contributed by atoms with E-state index < -0.39 is 0 Å². The first kappa shape index (κ1) is 19.6. The number of aliphatic imine (C=N–C) groups is 1. The molecule has 0 radical (unpaired) electrons. The molecule has 0 aliphatic carbocycles. The molecule has 0 amide bonds. The fourth-order valence-corrected chi connectivity index (χ4v) is 3.07. The molecule has 0 unspecified atom stereocenters. The van der Waals surface area contributed by atoms with E-state index in [-0.39, 0.29) is 12.4 Å². The zero-order valence-corrected chi connectivity index (χ0v) is 16.0. The van der Waals surface area contributed by atoms with Gasteiger partial charge < -0.3 is 9.64 Å². The first-order valence-corrected chi connectivity index (χ1v) is 8.83. The third-order valence-electron chi connectivity index (χ3n) is 4.30. The highest BCUT2D eigenvalue weighted by Gasteiger charge is 2.16. The number of amidine groups is 1. The van der Waals surface area contributed by atoms with Crippen LogP contribution >= 0.6 is 24.0 Å². The molecule has 2 aromatic rings. The molecule has 25 heavy (non-hydrogen) atoms. The van der Waals surface area contributed by atoms with Crippen molar-refractivity contribution in [3.05, 3.63) is 59.1 Å². The van der Waals surface area contributed by atoms with Crippen LogP contribution in [0.3, 0.4) is 0 Å². The fraction of sp³-hybridized carbons (Fsp3) is 0.350. The second-order valence-electron chi connectivity index (χ2n) is 6.02. The van der Waals surface area contributed by atoms with Crippen LogP contribution in [0, 0.1) is 0 Å². The van der Waals surface area contributed by atoms with Gasteiger partial charge in [0.15, 0.2) is 0 Å². The van der Waals surface area contributed by atoms with Gasteiger partial charge in [0, 0.05) is 30.2 Å². The molecule has 0 bridgehead atoms. The average Bonchev–Trinajstić information content (AvgIpc) is 2.91. The third kappa shape index (κ3) is 5.38. The molecule has 1 heterocycles. The van der Waals surface area contributed by atoms with E-state index in [1.165, 1.54) is 30.7 Å². The van der Waals surface area contributed by atoms with Crippen molar-refractivity contribution in [3.63, 3.8) is 0 Å². The first-order valence-electron chi connectivity index (χ1n) is 8.45. The number of methoxy groups -OCH3 is 1. The number of hydrogen-bond acceptors (Lipinski definition) is 3. The summed E-state index contributed by atoms with van der Waals surface area (Å²) in [5, 5.41) is 0.765. The largest absolute Gasteiger partial charge is 0.497 e. The van der Waals surface area contributed by atoms with E-state index in [4.69, 9.17) is 21.3 Å². The molecule has 3 rings (SSSR count). The predicted octanol–water partition coefficient (Wildman–Crippen LogP) is 5.75. The number of halogens is 2. The van der Waals surface area contributed by atoms with Gasteiger partial charge in [-0.25, -0.2) is 0 Å². The SMILES string of the molecule is COc1ccc(N(Cc2ccc(Cl)cc2)C2=NCCCCC2)cc1.Cl. The molecule has 0 fully saturated rings. The maximum atomic E-state index is 6.02. The Bertz CT molecular complexity index is 684. The Hall–Kier alpha value is -1.71. The molecule has 0 aromatic heterocycles. The van der Waals surface area contributed by atoms with E-state index in [0.29, 0.717) is 0 Å². The van der Waals surface area contributed by atoms with E-state index in [9.17, 15) is 0 Å². The smallest absolute Gasteiger partial charge is 0.119 e. The van der Waals surface area contributed by atoms with Crippen molar-refractivity contribution in [2.24, 2.45) is 4.99 Å². The standard InChI is InChI=1S/C20H23ClN2O.ClH/c1-24-19-12-10-18(11-13-19)23(20-5-3-2-4-14-22-20)15-16-6-8-17(21)9-7-16;/h6-13H,2-5,14-15H2,1H3;1H. The summed E-state index contributed by atoms with van der Waals surface area (Å²) < 4.78 is 5.28. The molecule has 5 heteroatoms. The van der Waals surface area contributed by atoms with Gasteiger partial charge in [-0.1, -0.05) is 30.2 Å². The maximum absolute atomic E-state index is 6.02. The Morgan fingerprint density at radius 2 is 1.72 bits per heavy atom. The van der Waals surface area contributed by atoms with Crippen LogP contribution in [0.1, 0.15) is 31.2 Å². The number of benzene rings is 2. The Morgan fingerprint density at radius 3 is 2.40 bits per heavy atom. The minimum atomic E-state index is 0. The Labute approximate surface area is 161 Å². The van der Waals surface area contributed by atoms with Crippen LogP contribution in [0.15, 0.2) is 53.5 Å². The number of rotatable bonds is 4. The fourth-order valence-electron chi connectivity index (χ4n) is 2.95. The van der Waals surface area contributed by atoms with E-state index in [0.717, 1.165) is 36.0 Å². The topological polar surface area (TPSA) is 24.8 Å². The molecular weight excluding hydrogens is 355 g/mol. The highest BCUT2D eigenvalue weighted by atomic mass is 35.5. The molecule has 0 spiro atoms. The van der Waals surface area contributed by atoms with Crippen LogP contribution in [-0.4, -0.2) is 19.5 Å². The summed E-state index contributed by atoms with van der Waals surface area (Å²) in [4.78, 5) is 7.15. The molecule has 0 atom stereocenters. The van der Waals surface area contributed by atoms with Crippen LogP contribution in [0.4, 0.5) is 5.69 Å². The van der Waals surface area contributed by atoms with Crippen molar-refractivity contribution in [2.45, 2.75) is 32.2 Å². The summed E-state index contributed by atoms with van der Waals surface area (Å²) in [7, 11) is 1.69. The highest BCUT2D eigenvalue weighted by molar-refractivity contribution is 6.30. The highest BCUT2D eigenvalue weighted by Crippen LogP contribution is 2.24. The lowest BCUT2D eigenvalue weighted by Gasteiger charge is -2.26. The summed E-state index contributed by atoms with van der Waals surface area (Å²) in [6.07, 6.45) is 4.66. The number of ether oxygens (including phenoxy) is 1. The average molecular weight is 379 g/mol. The Morgan fingerprint density at radius 1 is 1.00 bits per heavy atom. The normalized spacial score (nSPS) is 14.1. The van der Waals surface area contributed by atoms with Gasteiger partial charge in [-0.2, -0.15) is 0 Å². The van der Waals surface area contributed by atoms with Gasteiger partial charge in [-0.15, -0.1) is 12.4 Å². The van der Waals surface area contributed by atoms with Gasteiger partial charge >= 0.3 is 0 Å². The van der Waals surface area contributed by atoms with Crippen LogP contribution in [0.25, 0.3) is 0 Å². The molecule has 134 valence electrons. The minimum Gasteiger partial charge on any atom is -0.497 e. The lowest BCUT2D eigenvalue weighted by atomic mass is 10.1. The zero-order valence-electron chi connectivity index (χ0n) is 14.5. The molecule has 0 saturated carbocycles. The zero-order chi connectivity index (χ0) is 16.8. The lowest BCUT2D eigenvalue weighted by Crippen LogP contribution is -2.30. The summed E-state index contributed by atoms with van der Waals surface area (Å²) >= 11 is 6.02. The summed E-state index contributed by atoms with van der Waals surface area (Å²) in [6, 6.07) is 16.2. The minimum absolute atomic E-state index is 0. The monoisotopic (exact) mass is 378 g/mol. The van der Waals surface area contributed by atoms with E-state index in [1.54, 1.807) is 7.11 Å². The van der Waals surface area contributed by atoms with Crippen molar-refractivity contribution in [1.29, 1.82) is 0 Å².